The molecule has 27 heavy (non-hydrogen) atoms. The van der Waals surface area contributed by atoms with Crippen molar-refractivity contribution in [2.45, 2.75) is 17.9 Å². The number of hydrogen-bond acceptors (Lipinski definition) is 4. The lowest BCUT2D eigenvalue weighted by atomic mass is 10.1. The van der Waals surface area contributed by atoms with Crippen LogP contribution in [0.5, 0.6) is 0 Å². The third-order valence-corrected chi connectivity index (χ3v) is 5.40. The number of sulfonamides is 1. The molecule has 0 aliphatic rings. The topological polar surface area (TPSA) is 84.5 Å². The van der Waals surface area contributed by atoms with Gasteiger partial charge in [0.15, 0.2) is 0 Å². The van der Waals surface area contributed by atoms with Crippen molar-refractivity contribution in [3.63, 3.8) is 0 Å². The Balaban J connectivity index is 1.47. The van der Waals surface area contributed by atoms with Crippen LogP contribution >= 0.6 is 0 Å². The van der Waals surface area contributed by atoms with Crippen LogP contribution in [0.3, 0.4) is 0 Å². The van der Waals surface area contributed by atoms with Crippen LogP contribution in [-0.4, -0.2) is 20.9 Å². The molecule has 0 aliphatic carbocycles. The maximum atomic E-state index is 12.4. The highest BCUT2D eigenvalue weighted by molar-refractivity contribution is 7.89. The lowest BCUT2D eigenvalue weighted by molar-refractivity contribution is -0.134. The predicted molar refractivity (Wildman–Crippen MR) is 103 cm³/mol. The minimum atomic E-state index is -3.68. The summed E-state index contributed by atoms with van der Waals surface area (Å²) in [5, 5.41) is 1.80. The van der Waals surface area contributed by atoms with Crippen LogP contribution in [-0.2, 0) is 26.3 Å². The normalized spacial score (nSPS) is 11.4. The molecule has 0 aromatic heterocycles. The minimum absolute atomic E-state index is 0.0182. The monoisotopic (exact) mass is 384 g/mol. The van der Waals surface area contributed by atoms with Gasteiger partial charge in [0.25, 0.3) is 0 Å². The molecule has 0 bridgehead atoms. The lowest BCUT2D eigenvalue weighted by Crippen LogP contribution is -2.30. The van der Waals surface area contributed by atoms with Crippen LogP contribution in [0.4, 0.5) is 0 Å². The van der Waals surface area contributed by atoms with Gasteiger partial charge in [0.2, 0.25) is 15.9 Å². The number of amides is 1. The number of hydroxylamine groups is 1. The Kier molecular flexibility index (Phi) is 6.18. The zero-order chi connectivity index (χ0) is 19.1. The molecule has 0 unspecified atom stereocenters. The summed E-state index contributed by atoms with van der Waals surface area (Å²) in [5.74, 6) is -0.396. The quantitative estimate of drug-likeness (QED) is 0.585. The highest BCUT2D eigenvalue weighted by Crippen LogP contribution is 2.18. The van der Waals surface area contributed by atoms with Crippen molar-refractivity contribution in [3.8, 4) is 0 Å². The predicted octanol–water partition coefficient (Wildman–Crippen LogP) is 2.76. The summed E-state index contributed by atoms with van der Waals surface area (Å²) in [7, 11) is -3.68. The summed E-state index contributed by atoms with van der Waals surface area (Å²) < 4.78 is 27.2. The number of fused-ring (bicyclic) bond motifs is 1. The fourth-order valence-corrected chi connectivity index (χ4v) is 3.61. The van der Waals surface area contributed by atoms with Gasteiger partial charge in [0.05, 0.1) is 11.5 Å². The Hall–Kier alpha value is -2.74. The van der Waals surface area contributed by atoms with Crippen molar-refractivity contribution < 1.29 is 18.0 Å². The highest BCUT2D eigenvalue weighted by Gasteiger charge is 2.14. The van der Waals surface area contributed by atoms with Gasteiger partial charge in [0.1, 0.15) is 0 Å². The number of hydrogen-bond donors (Lipinski definition) is 2. The van der Waals surface area contributed by atoms with Crippen molar-refractivity contribution in [3.05, 3.63) is 78.4 Å². The molecule has 3 aromatic rings. The minimum Gasteiger partial charge on any atom is -0.273 e. The number of carbonyl (C=O) groups is 1. The molecule has 6 nitrogen and oxygen atoms in total. The van der Waals surface area contributed by atoms with E-state index >= 15 is 0 Å². The molecular weight excluding hydrogens is 364 g/mol. The SMILES string of the molecule is O=C(CCNS(=O)(=O)c1ccc2ccccc2c1)NOCc1ccccc1. The van der Waals surface area contributed by atoms with Crippen LogP contribution in [0.1, 0.15) is 12.0 Å². The number of benzene rings is 3. The summed E-state index contributed by atoms with van der Waals surface area (Å²) in [6.07, 6.45) is -0.0262. The molecule has 7 heteroatoms. The molecule has 3 rings (SSSR count). The number of rotatable bonds is 8. The number of carbonyl (C=O) groups excluding carboxylic acids is 1. The van der Waals surface area contributed by atoms with Gasteiger partial charge in [0, 0.05) is 13.0 Å². The van der Waals surface area contributed by atoms with Gasteiger partial charge in [-0.1, -0.05) is 60.7 Å². The average Bonchev–Trinajstić information content (AvgIpc) is 2.68. The Morgan fingerprint density at radius 1 is 0.889 bits per heavy atom. The van der Waals surface area contributed by atoms with Crippen molar-refractivity contribution in [1.82, 2.24) is 10.2 Å². The molecule has 0 atom stereocenters. The maximum absolute atomic E-state index is 12.4. The van der Waals surface area contributed by atoms with Gasteiger partial charge in [-0.05, 0) is 28.5 Å². The van der Waals surface area contributed by atoms with Crippen molar-refractivity contribution in [2.24, 2.45) is 0 Å². The van der Waals surface area contributed by atoms with E-state index in [0.29, 0.717) is 0 Å². The molecule has 0 spiro atoms. The largest absolute Gasteiger partial charge is 0.273 e. The first-order valence-electron chi connectivity index (χ1n) is 8.48. The van der Waals surface area contributed by atoms with Crippen LogP contribution in [0.25, 0.3) is 10.8 Å². The van der Waals surface area contributed by atoms with E-state index in [1.54, 1.807) is 18.2 Å². The van der Waals surface area contributed by atoms with Crippen LogP contribution in [0.2, 0.25) is 0 Å². The van der Waals surface area contributed by atoms with Crippen LogP contribution in [0, 0.1) is 0 Å². The zero-order valence-corrected chi connectivity index (χ0v) is 15.4. The van der Waals surface area contributed by atoms with E-state index in [0.717, 1.165) is 16.3 Å². The Bertz CT molecular complexity index is 1020. The van der Waals surface area contributed by atoms with Gasteiger partial charge >= 0.3 is 0 Å². The number of nitrogens with one attached hydrogen (secondary N) is 2. The molecule has 0 heterocycles. The van der Waals surface area contributed by atoms with E-state index in [1.807, 2.05) is 54.6 Å². The molecule has 0 aliphatic heterocycles. The standard InChI is InChI=1S/C20H20N2O4S/c23-20(22-26-15-16-6-2-1-3-7-16)12-13-21-27(24,25)19-11-10-17-8-4-5-9-18(17)14-19/h1-11,14,21H,12-13,15H2,(H,22,23). The molecule has 0 saturated carbocycles. The summed E-state index contributed by atoms with van der Waals surface area (Å²) in [5.41, 5.74) is 3.23. The molecule has 1 amide bonds. The fourth-order valence-electron chi connectivity index (χ4n) is 2.54. The van der Waals surface area contributed by atoms with Crippen molar-refractivity contribution in [2.75, 3.05) is 6.54 Å². The lowest BCUT2D eigenvalue weighted by Gasteiger charge is -2.09. The van der Waals surface area contributed by atoms with E-state index in [1.165, 1.54) is 0 Å². The Morgan fingerprint density at radius 3 is 2.37 bits per heavy atom. The van der Waals surface area contributed by atoms with Gasteiger partial charge in [-0.3, -0.25) is 9.63 Å². The first-order valence-corrected chi connectivity index (χ1v) is 9.96. The van der Waals surface area contributed by atoms with Gasteiger partial charge in [-0.2, -0.15) is 0 Å². The molecule has 2 N–H and O–H groups in total. The van der Waals surface area contributed by atoms with E-state index < -0.39 is 15.9 Å². The van der Waals surface area contributed by atoms with Gasteiger partial charge in [-0.25, -0.2) is 18.6 Å². The fraction of sp³-hybridized carbons (Fsp3) is 0.150. The summed E-state index contributed by atoms with van der Waals surface area (Å²) in [6, 6.07) is 21.8. The van der Waals surface area contributed by atoms with E-state index in [9.17, 15) is 13.2 Å². The van der Waals surface area contributed by atoms with Crippen molar-refractivity contribution >= 4 is 26.7 Å². The molecule has 140 valence electrons. The average molecular weight is 384 g/mol. The first kappa shape index (κ1) is 19.0. The second-order valence-electron chi connectivity index (χ2n) is 5.96. The molecule has 0 fully saturated rings. The summed E-state index contributed by atoms with van der Waals surface area (Å²) in [6.45, 7) is 0.227. The maximum Gasteiger partial charge on any atom is 0.244 e. The van der Waals surface area contributed by atoms with Crippen LogP contribution < -0.4 is 10.2 Å². The third-order valence-electron chi connectivity index (χ3n) is 3.94. The molecular formula is C20H20N2O4S. The van der Waals surface area contributed by atoms with Crippen molar-refractivity contribution in [1.29, 1.82) is 0 Å². The summed E-state index contributed by atoms with van der Waals surface area (Å²) in [4.78, 5) is 17.0. The second kappa shape index (κ2) is 8.77. The third kappa shape index (κ3) is 5.37. The second-order valence-corrected chi connectivity index (χ2v) is 7.72. The first-order chi connectivity index (χ1) is 13.0. The molecule has 3 aromatic carbocycles. The highest BCUT2D eigenvalue weighted by atomic mass is 32.2. The van der Waals surface area contributed by atoms with E-state index in [4.69, 9.17) is 4.84 Å². The van der Waals surface area contributed by atoms with Gasteiger partial charge in [-0.15, -0.1) is 0 Å². The molecule has 0 saturated heterocycles. The van der Waals surface area contributed by atoms with E-state index in [-0.39, 0.29) is 24.5 Å². The summed E-state index contributed by atoms with van der Waals surface area (Å²) >= 11 is 0. The Labute approximate surface area is 158 Å². The van der Waals surface area contributed by atoms with Crippen LogP contribution in [0.15, 0.2) is 77.7 Å². The smallest absolute Gasteiger partial charge is 0.244 e. The zero-order valence-electron chi connectivity index (χ0n) is 14.6. The van der Waals surface area contributed by atoms with Gasteiger partial charge < -0.3 is 0 Å². The molecule has 0 radical (unpaired) electrons. The van der Waals surface area contributed by atoms with E-state index in [2.05, 4.69) is 10.2 Å². The Morgan fingerprint density at radius 2 is 1.59 bits per heavy atom.